The molecule has 0 fully saturated rings. The number of hydrogen-bond donors (Lipinski definition) is 2. The number of anilines is 2. The van der Waals surface area contributed by atoms with Crippen molar-refractivity contribution in [3.05, 3.63) is 70.5 Å². The molecule has 2 aromatic carbocycles. The van der Waals surface area contributed by atoms with Crippen LogP contribution in [0.25, 0.3) is 5.69 Å². The van der Waals surface area contributed by atoms with Gasteiger partial charge in [0.1, 0.15) is 0 Å². The van der Waals surface area contributed by atoms with E-state index in [1.165, 1.54) is 5.56 Å². The number of carbonyl (C=O) groups excluding carboxylic acids is 2. The van der Waals surface area contributed by atoms with Crippen LogP contribution in [0.2, 0.25) is 5.02 Å². The molecular weight excluding hydrogens is 414 g/mol. The molecular formula is C23H26ClN5O2. The second-order valence-corrected chi connectivity index (χ2v) is 7.95. The van der Waals surface area contributed by atoms with Crippen molar-refractivity contribution in [2.45, 2.75) is 20.8 Å². The summed E-state index contributed by atoms with van der Waals surface area (Å²) in [7, 11) is 1.71. The maximum absolute atomic E-state index is 12.6. The molecule has 0 aliphatic rings. The highest BCUT2D eigenvalue weighted by atomic mass is 35.5. The zero-order valence-corrected chi connectivity index (χ0v) is 18.8. The molecule has 0 saturated heterocycles. The van der Waals surface area contributed by atoms with Gasteiger partial charge in [-0.3, -0.25) is 14.5 Å². The number of rotatable bonds is 7. The summed E-state index contributed by atoms with van der Waals surface area (Å²) in [6.45, 7) is 5.91. The van der Waals surface area contributed by atoms with Crippen molar-refractivity contribution in [1.29, 1.82) is 0 Å². The van der Waals surface area contributed by atoms with Crippen LogP contribution in [-0.4, -0.2) is 46.6 Å². The zero-order chi connectivity index (χ0) is 22.5. The summed E-state index contributed by atoms with van der Waals surface area (Å²) in [6.07, 6.45) is 0. The third-order valence-electron chi connectivity index (χ3n) is 4.81. The molecule has 0 radical (unpaired) electrons. The van der Waals surface area contributed by atoms with Crippen LogP contribution in [0.1, 0.15) is 17.0 Å². The van der Waals surface area contributed by atoms with Crippen molar-refractivity contribution in [2.24, 2.45) is 0 Å². The van der Waals surface area contributed by atoms with Gasteiger partial charge in [0.15, 0.2) is 0 Å². The van der Waals surface area contributed by atoms with Gasteiger partial charge in [0.05, 0.1) is 46.6 Å². The number of hydrogen-bond acceptors (Lipinski definition) is 4. The standard InChI is InChI=1S/C23H26ClN5O2/c1-15-9-11-18(12-10-15)29-17(3)23(16(2)27-29)26-22(31)14-28(4)13-21(30)25-20-8-6-5-7-19(20)24/h5-12H,13-14H2,1-4H3,(H,25,30)(H,26,31). The molecule has 0 bridgehead atoms. The minimum absolute atomic E-state index is 0.0548. The fourth-order valence-corrected chi connectivity index (χ4v) is 3.42. The van der Waals surface area contributed by atoms with E-state index in [2.05, 4.69) is 15.7 Å². The van der Waals surface area contributed by atoms with E-state index in [9.17, 15) is 9.59 Å². The lowest BCUT2D eigenvalue weighted by Crippen LogP contribution is -2.36. The van der Waals surface area contributed by atoms with Crippen LogP contribution in [0.4, 0.5) is 11.4 Å². The minimum Gasteiger partial charge on any atom is -0.324 e. The molecule has 0 spiro atoms. The molecule has 2 amide bonds. The van der Waals surface area contributed by atoms with E-state index in [0.717, 1.165) is 17.1 Å². The highest BCUT2D eigenvalue weighted by molar-refractivity contribution is 6.33. The van der Waals surface area contributed by atoms with Gasteiger partial charge in [-0.2, -0.15) is 5.10 Å². The second kappa shape index (κ2) is 9.76. The van der Waals surface area contributed by atoms with E-state index in [4.69, 9.17) is 11.6 Å². The number of benzene rings is 2. The Hall–Kier alpha value is -3.16. The Labute approximate surface area is 187 Å². The van der Waals surface area contributed by atoms with E-state index in [1.807, 2.05) is 49.7 Å². The summed E-state index contributed by atoms with van der Waals surface area (Å²) in [5, 5.41) is 10.7. The summed E-state index contributed by atoms with van der Waals surface area (Å²) in [6, 6.07) is 15.0. The van der Waals surface area contributed by atoms with Crippen LogP contribution < -0.4 is 10.6 Å². The fourth-order valence-electron chi connectivity index (χ4n) is 3.24. The first-order valence-electron chi connectivity index (χ1n) is 9.90. The maximum atomic E-state index is 12.6. The van der Waals surface area contributed by atoms with Crippen LogP contribution in [0, 0.1) is 20.8 Å². The Kier molecular flexibility index (Phi) is 7.09. The van der Waals surface area contributed by atoms with Gasteiger partial charge in [-0.1, -0.05) is 41.4 Å². The number of nitrogens with one attached hydrogen (secondary N) is 2. The zero-order valence-electron chi connectivity index (χ0n) is 18.1. The van der Waals surface area contributed by atoms with Crippen LogP contribution in [-0.2, 0) is 9.59 Å². The molecule has 31 heavy (non-hydrogen) atoms. The largest absolute Gasteiger partial charge is 0.324 e. The molecule has 0 aliphatic heterocycles. The van der Waals surface area contributed by atoms with Gasteiger partial charge in [-0.25, -0.2) is 4.68 Å². The highest BCUT2D eigenvalue weighted by Crippen LogP contribution is 2.23. The van der Waals surface area contributed by atoms with Gasteiger partial charge in [-0.05, 0) is 52.1 Å². The summed E-state index contributed by atoms with van der Waals surface area (Å²) in [4.78, 5) is 26.5. The molecule has 0 aliphatic carbocycles. The Bertz CT molecular complexity index is 1090. The Balaban J connectivity index is 1.59. The third-order valence-corrected chi connectivity index (χ3v) is 5.14. The summed E-state index contributed by atoms with van der Waals surface area (Å²) < 4.78 is 1.81. The predicted octanol–water partition coefficient (Wildman–Crippen LogP) is 3.96. The van der Waals surface area contributed by atoms with Crippen LogP contribution >= 0.6 is 11.6 Å². The summed E-state index contributed by atoms with van der Waals surface area (Å²) >= 11 is 6.06. The number of carbonyl (C=O) groups is 2. The molecule has 0 atom stereocenters. The van der Waals surface area contributed by atoms with Crippen molar-refractivity contribution in [3.63, 3.8) is 0 Å². The Morgan fingerprint density at radius 2 is 1.58 bits per heavy atom. The van der Waals surface area contributed by atoms with Crippen molar-refractivity contribution < 1.29 is 9.59 Å². The molecule has 0 unspecified atom stereocenters. The molecule has 1 aromatic heterocycles. The predicted molar refractivity (Wildman–Crippen MR) is 124 cm³/mol. The van der Waals surface area contributed by atoms with Gasteiger partial charge in [-0.15, -0.1) is 0 Å². The number of para-hydroxylation sites is 1. The lowest BCUT2D eigenvalue weighted by molar-refractivity contribution is -0.119. The molecule has 1 heterocycles. The first-order valence-corrected chi connectivity index (χ1v) is 10.3. The van der Waals surface area contributed by atoms with Gasteiger partial charge in [0.25, 0.3) is 0 Å². The molecule has 3 rings (SSSR count). The Morgan fingerprint density at radius 1 is 0.968 bits per heavy atom. The lowest BCUT2D eigenvalue weighted by atomic mass is 10.2. The Morgan fingerprint density at radius 3 is 2.23 bits per heavy atom. The molecule has 7 nitrogen and oxygen atoms in total. The van der Waals surface area contributed by atoms with Gasteiger partial charge in [0, 0.05) is 0 Å². The normalized spacial score (nSPS) is 10.9. The number of likely N-dealkylation sites (N-methyl/N-ethyl adjacent to an activating group) is 1. The molecule has 2 N–H and O–H groups in total. The van der Waals surface area contributed by atoms with Crippen molar-refractivity contribution in [2.75, 3.05) is 30.8 Å². The molecule has 8 heteroatoms. The number of amides is 2. The van der Waals surface area contributed by atoms with Crippen LogP contribution in [0.3, 0.4) is 0 Å². The van der Waals surface area contributed by atoms with E-state index in [-0.39, 0.29) is 24.9 Å². The fraction of sp³-hybridized carbons (Fsp3) is 0.261. The van der Waals surface area contributed by atoms with Gasteiger partial charge in [0.2, 0.25) is 11.8 Å². The average Bonchev–Trinajstić information content (AvgIpc) is 2.98. The summed E-state index contributed by atoms with van der Waals surface area (Å²) in [5.41, 5.74) is 4.89. The molecule has 3 aromatic rings. The van der Waals surface area contributed by atoms with Gasteiger partial charge < -0.3 is 10.6 Å². The monoisotopic (exact) mass is 439 g/mol. The third kappa shape index (κ3) is 5.71. The quantitative estimate of drug-likeness (QED) is 0.584. The van der Waals surface area contributed by atoms with E-state index < -0.39 is 0 Å². The van der Waals surface area contributed by atoms with Crippen molar-refractivity contribution in [1.82, 2.24) is 14.7 Å². The maximum Gasteiger partial charge on any atom is 0.238 e. The van der Waals surface area contributed by atoms with E-state index in [1.54, 1.807) is 36.2 Å². The second-order valence-electron chi connectivity index (χ2n) is 7.54. The number of nitrogens with zero attached hydrogens (tertiary/aromatic N) is 3. The SMILES string of the molecule is Cc1ccc(-n2nc(C)c(NC(=O)CN(C)CC(=O)Nc3ccccc3Cl)c2C)cc1. The summed E-state index contributed by atoms with van der Waals surface area (Å²) in [5.74, 6) is -0.467. The first kappa shape index (κ1) is 22.5. The van der Waals surface area contributed by atoms with E-state index >= 15 is 0 Å². The minimum atomic E-state index is -0.247. The lowest BCUT2D eigenvalue weighted by Gasteiger charge is -2.16. The average molecular weight is 440 g/mol. The first-order chi connectivity index (χ1) is 14.7. The van der Waals surface area contributed by atoms with Crippen molar-refractivity contribution in [3.8, 4) is 5.69 Å². The van der Waals surface area contributed by atoms with Crippen LogP contribution in [0.5, 0.6) is 0 Å². The number of halogens is 1. The highest BCUT2D eigenvalue weighted by Gasteiger charge is 2.17. The van der Waals surface area contributed by atoms with Crippen LogP contribution in [0.15, 0.2) is 48.5 Å². The number of aromatic nitrogens is 2. The molecule has 0 saturated carbocycles. The smallest absolute Gasteiger partial charge is 0.238 e. The van der Waals surface area contributed by atoms with E-state index in [0.29, 0.717) is 16.4 Å². The van der Waals surface area contributed by atoms with Crippen molar-refractivity contribution >= 4 is 34.8 Å². The molecule has 162 valence electrons. The topological polar surface area (TPSA) is 79.3 Å². The van der Waals surface area contributed by atoms with Gasteiger partial charge >= 0.3 is 0 Å². The number of aryl methyl sites for hydroxylation is 2.